The largest absolute Gasteiger partial charge is 0.360 e. The molecule has 3 heterocycles. The van der Waals surface area contributed by atoms with Gasteiger partial charge in [-0.1, -0.05) is 23.2 Å². The topological polar surface area (TPSA) is 90.0 Å². The lowest BCUT2D eigenvalue weighted by Gasteiger charge is -2.33. The van der Waals surface area contributed by atoms with E-state index in [-0.39, 0.29) is 11.9 Å². The average Bonchev–Trinajstić information content (AvgIpc) is 3.27. The Morgan fingerprint density at radius 2 is 1.94 bits per heavy atom. The van der Waals surface area contributed by atoms with Crippen molar-refractivity contribution >= 4 is 56.9 Å². The number of amides is 1. The Labute approximate surface area is 220 Å². The minimum Gasteiger partial charge on any atom is -0.360 e. The van der Waals surface area contributed by atoms with Crippen LogP contribution in [0.1, 0.15) is 42.0 Å². The van der Waals surface area contributed by atoms with Crippen molar-refractivity contribution in [3.05, 3.63) is 58.1 Å². The molecule has 0 spiro atoms. The minimum atomic E-state index is -0.169. The molecule has 1 amide bonds. The van der Waals surface area contributed by atoms with E-state index < -0.39 is 0 Å². The maximum absolute atomic E-state index is 13.3. The molecule has 36 heavy (non-hydrogen) atoms. The van der Waals surface area contributed by atoms with Gasteiger partial charge in [-0.15, -0.1) is 0 Å². The molecule has 10 heteroatoms. The monoisotopic (exact) mass is 525 g/mol. The normalized spacial score (nSPS) is 15.7. The lowest BCUT2D eigenvalue weighted by atomic mass is 9.96. The summed E-state index contributed by atoms with van der Waals surface area (Å²) in [4.78, 5) is 34.2. The maximum Gasteiger partial charge on any atom is 0.255 e. The fourth-order valence-corrected chi connectivity index (χ4v) is 5.25. The number of halogens is 2. The second-order valence-corrected chi connectivity index (χ2v) is 10.6. The van der Waals surface area contributed by atoms with Crippen LogP contribution in [-0.2, 0) is 0 Å². The van der Waals surface area contributed by atoms with Gasteiger partial charge in [0.15, 0.2) is 0 Å². The quantitative estimate of drug-likeness (QED) is 0.350. The number of anilines is 1. The fraction of sp³-hybridized carbons (Fsp3) is 0.385. The number of carbonyl (C=O) groups is 1. The van der Waals surface area contributed by atoms with Gasteiger partial charge in [-0.3, -0.25) is 4.79 Å². The van der Waals surface area contributed by atoms with Crippen LogP contribution in [0.15, 0.2) is 36.7 Å². The van der Waals surface area contributed by atoms with Crippen LogP contribution >= 0.6 is 23.2 Å². The molecule has 1 saturated heterocycles. The molecule has 1 unspecified atom stereocenters. The van der Waals surface area contributed by atoms with Gasteiger partial charge in [0, 0.05) is 30.0 Å². The van der Waals surface area contributed by atoms with Crippen molar-refractivity contribution in [3.8, 4) is 0 Å². The van der Waals surface area contributed by atoms with Crippen LogP contribution in [0.3, 0.4) is 0 Å². The molecule has 1 fully saturated rings. The van der Waals surface area contributed by atoms with Crippen molar-refractivity contribution in [1.82, 2.24) is 29.7 Å². The van der Waals surface area contributed by atoms with Gasteiger partial charge >= 0.3 is 0 Å². The number of fused-ring (bicyclic) bond motifs is 2. The molecule has 2 N–H and O–H groups in total. The molecule has 0 aliphatic carbocycles. The van der Waals surface area contributed by atoms with Gasteiger partial charge in [-0.05, 0) is 70.1 Å². The number of nitrogens with one attached hydrogen (secondary N) is 2. The molecule has 5 rings (SSSR count). The van der Waals surface area contributed by atoms with E-state index in [0.29, 0.717) is 32.9 Å². The van der Waals surface area contributed by atoms with Crippen LogP contribution in [0.2, 0.25) is 10.0 Å². The Morgan fingerprint density at radius 1 is 1.17 bits per heavy atom. The number of aromatic amines is 1. The SMILES string of the molecule is CC(Nc1ncnc2cc(C(=O)N3CCC(CN(C)C)CC3)c(Cl)cc12)c1nc2cc(Cl)ccc2[nH]1. The molecule has 8 nitrogen and oxygen atoms in total. The van der Waals surface area contributed by atoms with Crippen molar-refractivity contribution in [1.29, 1.82) is 0 Å². The number of hydrogen-bond acceptors (Lipinski definition) is 6. The van der Waals surface area contributed by atoms with Crippen LogP contribution in [-0.4, -0.2) is 69.4 Å². The highest BCUT2D eigenvalue weighted by atomic mass is 35.5. The summed E-state index contributed by atoms with van der Waals surface area (Å²) in [6.07, 6.45) is 3.49. The summed E-state index contributed by atoms with van der Waals surface area (Å²) in [7, 11) is 4.18. The van der Waals surface area contributed by atoms with Gasteiger partial charge in [0.25, 0.3) is 5.91 Å². The zero-order valence-corrected chi connectivity index (χ0v) is 22.1. The zero-order valence-electron chi connectivity index (χ0n) is 20.6. The molecule has 4 aromatic rings. The molecule has 1 aliphatic rings. The van der Waals surface area contributed by atoms with E-state index in [1.54, 1.807) is 12.1 Å². The Kier molecular flexibility index (Phi) is 7.01. The number of H-pyrrole nitrogens is 1. The van der Waals surface area contributed by atoms with Gasteiger partial charge in [0.05, 0.1) is 33.2 Å². The molecule has 1 atom stereocenters. The summed E-state index contributed by atoms with van der Waals surface area (Å²) in [5, 5.41) is 5.18. The third-order valence-electron chi connectivity index (χ3n) is 6.71. The summed E-state index contributed by atoms with van der Waals surface area (Å²) in [6, 6.07) is 8.94. The van der Waals surface area contributed by atoms with Crippen molar-refractivity contribution in [2.45, 2.75) is 25.8 Å². The van der Waals surface area contributed by atoms with E-state index in [2.05, 4.69) is 44.2 Å². The first-order valence-electron chi connectivity index (χ1n) is 12.1. The molecule has 2 aromatic carbocycles. The zero-order chi connectivity index (χ0) is 25.4. The summed E-state index contributed by atoms with van der Waals surface area (Å²) < 4.78 is 0. The third kappa shape index (κ3) is 5.12. The first kappa shape index (κ1) is 24.7. The average molecular weight is 526 g/mol. The smallest absolute Gasteiger partial charge is 0.255 e. The summed E-state index contributed by atoms with van der Waals surface area (Å²) in [5.74, 6) is 1.95. The van der Waals surface area contributed by atoms with Gasteiger partial charge < -0.3 is 20.1 Å². The van der Waals surface area contributed by atoms with Crippen LogP contribution in [0.4, 0.5) is 5.82 Å². The highest BCUT2D eigenvalue weighted by Gasteiger charge is 2.26. The standard InChI is InChI=1S/C26H29Cl2N7O/c1-15(24-32-21-5-4-17(27)10-23(21)33-24)31-25-19-11-20(28)18(12-22(19)29-14-30-25)26(36)35-8-6-16(7-9-35)13-34(2)3/h4-5,10-12,14-16H,6-9,13H2,1-3H3,(H,32,33)(H,29,30,31). The highest BCUT2D eigenvalue weighted by Crippen LogP contribution is 2.31. The maximum atomic E-state index is 13.3. The predicted octanol–water partition coefficient (Wildman–Crippen LogP) is 5.40. The Balaban J connectivity index is 1.36. The van der Waals surface area contributed by atoms with Gasteiger partial charge in [0.2, 0.25) is 0 Å². The number of aromatic nitrogens is 4. The minimum absolute atomic E-state index is 0.0485. The number of nitrogens with zero attached hydrogens (tertiary/aromatic N) is 5. The van der Waals surface area contributed by atoms with E-state index >= 15 is 0 Å². The number of rotatable bonds is 6. The number of carbonyl (C=O) groups excluding carboxylic acids is 1. The summed E-state index contributed by atoms with van der Waals surface area (Å²) >= 11 is 12.7. The number of hydrogen-bond donors (Lipinski definition) is 2. The highest BCUT2D eigenvalue weighted by molar-refractivity contribution is 6.35. The first-order valence-corrected chi connectivity index (χ1v) is 12.8. The number of benzene rings is 2. The fourth-order valence-electron chi connectivity index (χ4n) is 4.84. The van der Waals surface area contributed by atoms with Gasteiger partial charge in [0.1, 0.15) is 18.0 Å². The lowest BCUT2D eigenvalue weighted by Crippen LogP contribution is -2.40. The van der Waals surface area contributed by atoms with E-state index in [4.69, 9.17) is 23.2 Å². The molecule has 188 valence electrons. The van der Waals surface area contributed by atoms with E-state index in [1.165, 1.54) is 6.33 Å². The van der Waals surface area contributed by atoms with Gasteiger partial charge in [-0.2, -0.15) is 0 Å². The summed E-state index contributed by atoms with van der Waals surface area (Å²) in [6.45, 7) is 4.52. The van der Waals surface area contributed by atoms with Crippen LogP contribution < -0.4 is 5.32 Å². The molecule has 1 aliphatic heterocycles. The third-order valence-corrected chi connectivity index (χ3v) is 7.25. The van der Waals surface area contributed by atoms with E-state index in [1.807, 2.05) is 30.0 Å². The second kappa shape index (κ2) is 10.2. The molecule has 2 aromatic heterocycles. The van der Waals surface area contributed by atoms with Crippen molar-refractivity contribution < 1.29 is 4.79 Å². The van der Waals surface area contributed by atoms with Crippen molar-refractivity contribution in [2.24, 2.45) is 5.92 Å². The second-order valence-electron chi connectivity index (χ2n) is 9.72. The molecule has 0 saturated carbocycles. The summed E-state index contributed by atoms with van der Waals surface area (Å²) in [5.41, 5.74) is 2.84. The molecular formula is C26H29Cl2N7O. The van der Waals surface area contributed by atoms with Crippen LogP contribution in [0.25, 0.3) is 21.9 Å². The number of imidazole rings is 1. The Morgan fingerprint density at radius 3 is 2.69 bits per heavy atom. The van der Waals surface area contributed by atoms with Crippen molar-refractivity contribution in [3.63, 3.8) is 0 Å². The van der Waals surface area contributed by atoms with E-state index in [0.717, 1.165) is 54.7 Å². The van der Waals surface area contributed by atoms with Crippen molar-refractivity contribution in [2.75, 3.05) is 39.0 Å². The predicted molar refractivity (Wildman–Crippen MR) is 145 cm³/mol. The first-order chi connectivity index (χ1) is 17.3. The molecule has 0 radical (unpaired) electrons. The van der Waals surface area contributed by atoms with Gasteiger partial charge in [-0.25, -0.2) is 15.0 Å². The van der Waals surface area contributed by atoms with Crippen LogP contribution in [0.5, 0.6) is 0 Å². The Hall–Kier alpha value is -2.94. The number of likely N-dealkylation sites (tertiary alicyclic amines) is 1. The Bertz CT molecular complexity index is 1410. The van der Waals surface area contributed by atoms with Crippen LogP contribution in [0, 0.1) is 5.92 Å². The lowest BCUT2D eigenvalue weighted by molar-refractivity contribution is 0.0678. The van der Waals surface area contributed by atoms with E-state index in [9.17, 15) is 4.79 Å². The molecular weight excluding hydrogens is 497 g/mol. The number of piperidine rings is 1. The molecule has 0 bridgehead atoms.